The Morgan fingerprint density at radius 3 is 2.50 bits per heavy atom. The van der Waals surface area contributed by atoms with Gasteiger partial charge < -0.3 is 5.32 Å². The smallest absolute Gasteiger partial charge is 0.251 e. The molecule has 2 N–H and O–H groups in total. The van der Waals surface area contributed by atoms with E-state index in [-0.39, 0.29) is 16.8 Å². The van der Waals surface area contributed by atoms with Crippen molar-refractivity contribution < 1.29 is 13.2 Å². The molecule has 0 saturated heterocycles. The molecule has 20 heavy (non-hydrogen) atoms. The molecule has 6 heteroatoms. The van der Waals surface area contributed by atoms with Crippen molar-refractivity contribution >= 4 is 15.9 Å². The Bertz CT molecular complexity index is 582. The fourth-order valence-corrected chi connectivity index (χ4v) is 3.04. The van der Waals surface area contributed by atoms with Crippen molar-refractivity contribution in [3.63, 3.8) is 0 Å². The summed E-state index contributed by atoms with van der Waals surface area (Å²) in [4.78, 5) is 12.0. The number of nitrogens with one attached hydrogen (secondary N) is 2. The fraction of sp³-hybridized carbons (Fsp3) is 0.500. The molecule has 1 aromatic carbocycles. The molecule has 5 nitrogen and oxygen atoms in total. The Balaban J connectivity index is 3.15. The Labute approximate surface area is 120 Å². The summed E-state index contributed by atoms with van der Waals surface area (Å²) in [6.45, 7) is 7.81. The Kier molecular flexibility index (Phi) is 5.71. The molecule has 0 unspecified atom stereocenters. The van der Waals surface area contributed by atoms with Crippen LogP contribution in [0.3, 0.4) is 0 Å². The van der Waals surface area contributed by atoms with Crippen LogP contribution in [0.2, 0.25) is 0 Å². The first-order chi connectivity index (χ1) is 9.31. The first kappa shape index (κ1) is 16.7. The second-order valence-corrected chi connectivity index (χ2v) is 6.48. The average Bonchev–Trinajstić information content (AvgIpc) is 2.38. The highest BCUT2D eigenvalue weighted by atomic mass is 32.2. The van der Waals surface area contributed by atoms with E-state index in [1.54, 1.807) is 19.9 Å². The molecule has 0 heterocycles. The van der Waals surface area contributed by atoms with Crippen LogP contribution in [0.15, 0.2) is 23.1 Å². The van der Waals surface area contributed by atoms with Gasteiger partial charge in [0.2, 0.25) is 10.0 Å². The van der Waals surface area contributed by atoms with Crippen LogP contribution in [0.4, 0.5) is 0 Å². The molecule has 112 valence electrons. The molecule has 0 aromatic heterocycles. The molecule has 0 bridgehead atoms. The van der Waals surface area contributed by atoms with Gasteiger partial charge >= 0.3 is 0 Å². The summed E-state index contributed by atoms with van der Waals surface area (Å²) in [7, 11) is -3.59. The maximum absolute atomic E-state index is 12.2. The number of hydrogen-bond donors (Lipinski definition) is 2. The van der Waals surface area contributed by atoms with E-state index in [4.69, 9.17) is 0 Å². The third kappa shape index (κ3) is 4.05. The summed E-state index contributed by atoms with van der Waals surface area (Å²) in [6, 6.07) is 4.44. The molecule has 1 amide bonds. The van der Waals surface area contributed by atoms with Crippen LogP contribution in [0.1, 0.15) is 43.1 Å². The number of carbonyl (C=O) groups excluding carboxylic acids is 1. The molecular formula is C14H22N2O3S. The predicted molar refractivity (Wildman–Crippen MR) is 79.3 cm³/mol. The van der Waals surface area contributed by atoms with Crippen molar-refractivity contribution in [3.8, 4) is 0 Å². The van der Waals surface area contributed by atoms with E-state index in [0.29, 0.717) is 18.5 Å². The lowest BCUT2D eigenvalue weighted by atomic mass is 10.1. The Hall–Kier alpha value is -1.40. The molecule has 0 spiro atoms. The quantitative estimate of drug-likeness (QED) is 0.841. The predicted octanol–water partition coefficient (Wildman–Crippen LogP) is 1.82. The molecule has 0 radical (unpaired) electrons. The van der Waals surface area contributed by atoms with Gasteiger partial charge in [-0.3, -0.25) is 4.79 Å². The standard InChI is InChI=1S/C14H22N2O3S/c1-5-11(4)16-20(18,19)12-8-7-10(3)13(9-12)14(17)15-6-2/h7-9,11,16H,5-6H2,1-4H3,(H,15,17)/t11-/m1/s1. The lowest BCUT2D eigenvalue weighted by molar-refractivity contribution is 0.0955. The van der Waals surface area contributed by atoms with Gasteiger partial charge in [0, 0.05) is 18.2 Å². The SMILES string of the molecule is CCNC(=O)c1cc(S(=O)(=O)N[C@H](C)CC)ccc1C. The summed E-state index contributed by atoms with van der Waals surface area (Å²) in [5.74, 6) is -0.259. The van der Waals surface area contributed by atoms with Crippen LogP contribution < -0.4 is 10.0 Å². The van der Waals surface area contributed by atoms with Gasteiger partial charge in [0.15, 0.2) is 0 Å². The zero-order valence-electron chi connectivity index (χ0n) is 12.4. The minimum atomic E-state index is -3.59. The van der Waals surface area contributed by atoms with Gasteiger partial charge in [-0.2, -0.15) is 0 Å². The van der Waals surface area contributed by atoms with Crippen molar-refractivity contribution in [2.75, 3.05) is 6.54 Å². The number of amides is 1. The molecule has 0 aliphatic heterocycles. The van der Waals surface area contributed by atoms with Gasteiger partial charge in [0.25, 0.3) is 5.91 Å². The maximum atomic E-state index is 12.2. The molecule has 0 aliphatic rings. The van der Waals surface area contributed by atoms with Crippen LogP contribution in [0.25, 0.3) is 0 Å². The van der Waals surface area contributed by atoms with Crippen LogP contribution in [0.5, 0.6) is 0 Å². The summed E-state index contributed by atoms with van der Waals surface area (Å²) in [5, 5.41) is 2.68. The average molecular weight is 298 g/mol. The summed E-state index contributed by atoms with van der Waals surface area (Å²) >= 11 is 0. The van der Waals surface area contributed by atoms with E-state index in [0.717, 1.165) is 5.56 Å². The van der Waals surface area contributed by atoms with Gasteiger partial charge in [-0.1, -0.05) is 13.0 Å². The second kappa shape index (κ2) is 6.85. The van der Waals surface area contributed by atoms with Crippen molar-refractivity contribution in [2.45, 2.75) is 45.1 Å². The van der Waals surface area contributed by atoms with E-state index in [9.17, 15) is 13.2 Å². The minimum absolute atomic E-state index is 0.115. The fourth-order valence-electron chi connectivity index (χ4n) is 1.68. The van der Waals surface area contributed by atoms with Crippen molar-refractivity contribution in [1.29, 1.82) is 0 Å². The third-order valence-electron chi connectivity index (χ3n) is 3.07. The molecule has 1 rings (SSSR count). The van der Waals surface area contributed by atoms with Crippen LogP contribution in [-0.2, 0) is 10.0 Å². The largest absolute Gasteiger partial charge is 0.352 e. The van der Waals surface area contributed by atoms with E-state index in [1.165, 1.54) is 12.1 Å². The third-order valence-corrected chi connectivity index (χ3v) is 4.66. The number of hydrogen-bond acceptors (Lipinski definition) is 3. The number of aryl methyl sites for hydroxylation is 1. The van der Waals surface area contributed by atoms with Gasteiger partial charge in [-0.25, -0.2) is 13.1 Å². The molecule has 0 saturated carbocycles. The lowest BCUT2D eigenvalue weighted by Gasteiger charge is -2.13. The van der Waals surface area contributed by atoms with Crippen molar-refractivity contribution in [2.24, 2.45) is 0 Å². The van der Waals surface area contributed by atoms with E-state index in [2.05, 4.69) is 10.0 Å². The minimum Gasteiger partial charge on any atom is -0.352 e. The van der Waals surface area contributed by atoms with Gasteiger partial charge in [0.05, 0.1) is 4.90 Å². The maximum Gasteiger partial charge on any atom is 0.251 e. The highest BCUT2D eigenvalue weighted by Gasteiger charge is 2.19. The number of rotatable bonds is 6. The summed E-state index contributed by atoms with van der Waals surface area (Å²) in [5.41, 5.74) is 1.14. The highest BCUT2D eigenvalue weighted by molar-refractivity contribution is 7.89. The molecular weight excluding hydrogens is 276 g/mol. The Morgan fingerprint density at radius 2 is 1.95 bits per heavy atom. The number of carbonyl (C=O) groups is 1. The van der Waals surface area contributed by atoms with Crippen LogP contribution in [-0.4, -0.2) is 26.9 Å². The molecule has 1 aromatic rings. The molecule has 1 atom stereocenters. The summed E-state index contributed by atoms with van der Waals surface area (Å²) in [6.07, 6.45) is 0.703. The van der Waals surface area contributed by atoms with Gasteiger partial charge in [-0.15, -0.1) is 0 Å². The highest BCUT2D eigenvalue weighted by Crippen LogP contribution is 2.16. The monoisotopic (exact) mass is 298 g/mol. The first-order valence-electron chi connectivity index (χ1n) is 6.73. The van der Waals surface area contributed by atoms with E-state index >= 15 is 0 Å². The van der Waals surface area contributed by atoms with Crippen LogP contribution >= 0.6 is 0 Å². The topological polar surface area (TPSA) is 75.3 Å². The first-order valence-corrected chi connectivity index (χ1v) is 8.21. The van der Waals surface area contributed by atoms with E-state index in [1.807, 2.05) is 13.8 Å². The summed E-state index contributed by atoms with van der Waals surface area (Å²) < 4.78 is 27.0. The lowest BCUT2D eigenvalue weighted by Crippen LogP contribution is -2.32. The zero-order chi connectivity index (χ0) is 15.3. The van der Waals surface area contributed by atoms with E-state index < -0.39 is 10.0 Å². The second-order valence-electron chi connectivity index (χ2n) is 4.77. The van der Waals surface area contributed by atoms with Crippen LogP contribution in [0, 0.1) is 6.92 Å². The zero-order valence-corrected chi connectivity index (χ0v) is 13.2. The van der Waals surface area contributed by atoms with Crippen molar-refractivity contribution in [3.05, 3.63) is 29.3 Å². The Morgan fingerprint density at radius 1 is 1.30 bits per heavy atom. The van der Waals surface area contributed by atoms with Crippen molar-refractivity contribution in [1.82, 2.24) is 10.0 Å². The number of sulfonamides is 1. The molecule has 0 aliphatic carbocycles. The number of benzene rings is 1. The van der Waals surface area contributed by atoms with Gasteiger partial charge in [-0.05, 0) is 44.9 Å². The normalized spacial score (nSPS) is 13.0. The van der Waals surface area contributed by atoms with Gasteiger partial charge in [0.1, 0.15) is 0 Å². The molecule has 0 fully saturated rings.